The molecular formula is C80H153N5O7S2. The number of carbonyl (C=O) groups excluding carboxylic acids is 2. The fourth-order valence-electron chi connectivity index (χ4n) is 12.5. The highest BCUT2D eigenvalue weighted by Crippen LogP contribution is 2.25. The lowest BCUT2D eigenvalue weighted by molar-refractivity contribution is -0.129. The molecule has 1 heterocycles. The minimum atomic E-state index is -0.622. The molecule has 0 bridgehead atoms. The lowest BCUT2D eigenvalue weighted by Crippen LogP contribution is -2.47. The zero-order valence-electron chi connectivity index (χ0n) is 61.8. The van der Waals surface area contributed by atoms with Gasteiger partial charge in [0.05, 0.1) is 37.6 Å². The number of hydrogen-bond donors (Lipinski definition) is 6. The van der Waals surface area contributed by atoms with Gasteiger partial charge in [0.15, 0.2) is 0 Å². The second-order valence-electron chi connectivity index (χ2n) is 27.8. The van der Waals surface area contributed by atoms with Crippen LogP contribution >= 0.6 is 21.6 Å². The first-order valence-corrected chi connectivity index (χ1v) is 42.5. The van der Waals surface area contributed by atoms with Crippen LogP contribution in [0.4, 0.5) is 0 Å². The van der Waals surface area contributed by atoms with E-state index >= 15 is 0 Å². The first-order chi connectivity index (χ1) is 46.1. The lowest BCUT2D eigenvalue weighted by atomic mass is 10.0. The van der Waals surface area contributed by atoms with Crippen LogP contribution in [0.5, 0.6) is 0 Å². The minimum absolute atomic E-state index is 0.121. The number of amides is 2. The third-order valence-corrected chi connectivity index (χ3v) is 21.0. The Bertz CT molecular complexity index is 1660. The summed E-state index contributed by atoms with van der Waals surface area (Å²) in [5.41, 5.74) is 0. The van der Waals surface area contributed by atoms with Gasteiger partial charge in [-0.15, -0.1) is 0 Å². The van der Waals surface area contributed by atoms with Gasteiger partial charge >= 0.3 is 0 Å². The number of nitrogens with zero attached hydrogens (tertiary/aromatic N) is 3. The molecule has 0 aromatic carbocycles. The number of morpholine rings is 1. The van der Waals surface area contributed by atoms with E-state index in [9.17, 15) is 30.0 Å². The van der Waals surface area contributed by atoms with Gasteiger partial charge in [-0.1, -0.05) is 265 Å². The summed E-state index contributed by atoms with van der Waals surface area (Å²) in [7, 11) is 3.59. The SMILES string of the molecule is CCCCC/C=C\C/C=C\CCCCCCC(O)CN(CCCCSSCCC(NC(=O)CCCN(CC(O)CCCCCCCCCC)CC(O)CCCCCCCCCC)C(=O)NCCCCN1CCOCC1)CC(O)CCCCCC/C=C\C/C=C\CCCCC. The van der Waals surface area contributed by atoms with E-state index in [4.69, 9.17) is 4.74 Å². The van der Waals surface area contributed by atoms with Crippen molar-refractivity contribution in [3.8, 4) is 0 Å². The van der Waals surface area contributed by atoms with Crippen LogP contribution in [-0.2, 0) is 14.3 Å². The average Bonchev–Trinajstić information content (AvgIpc) is 2.54. The molecule has 5 atom stereocenters. The predicted molar refractivity (Wildman–Crippen MR) is 410 cm³/mol. The largest absolute Gasteiger partial charge is 0.392 e. The Kier molecular flexibility index (Phi) is 68.3. The molecule has 14 heteroatoms. The molecule has 0 aliphatic carbocycles. The average molecular weight is 1360 g/mol. The van der Waals surface area contributed by atoms with Crippen LogP contribution in [0.15, 0.2) is 48.6 Å². The van der Waals surface area contributed by atoms with Gasteiger partial charge in [0.25, 0.3) is 0 Å². The van der Waals surface area contributed by atoms with Crippen LogP contribution < -0.4 is 10.6 Å². The molecule has 2 amide bonds. The Hall–Kier alpha value is -1.72. The number of aliphatic hydroxyl groups is 4. The first kappa shape index (κ1) is 90.3. The molecule has 1 fully saturated rings. The second kappa shape index (κ2) is 71.1. The lowest BCUT2D eigenvalue weighted by Gasteiger charge is -2.27. The van der Waals surface area contributed by atoms with Crippen molar-refractivity contribution in [2.45, 2.75) is 360 Å². The summed E-state index contributed by atoms with van der Waals surface area (Å²) < 4.78 is 5.53. The van der Waals surface area contributed by atoms with Crippen LogP contribution in [0.1, 0.15) is 329 Å². The van der Waals surface area contributed by atoms with Crippen LogP contribution in [0, 0.1) is 0 Å². The van der Waals surface area contributed by atoms with E-state index in [0.29, 0.717) is 52.1 Å². The highest BCUT2D eigenvalue weighted by atomic mass is 33.1. The number of hydrogen-bond acceptors (Lipinski definition) is 12. The fraction of sp³-hybridized carbons (Fsp3) is 0.875. The quantitative estimate of drug-likeness (QED) is 0.0195. The maximum atomic E-state index is 13.8. The van der Waals surface area contributed by atoms with Crippen molar-refractivity contribution in [1.82, 2.24) is 25.3 Å². The number of aliphatic hydroxyl groups excluding tert-OH is 4. The van der Waals surface area contributed by atoms with Crippen molar-refractivity contribution >= 4 is 33.4 Å². The number of ether oxygens (including phenoxy) is 1. The van der Waals surface area contributed by atoms with Gasteiger partial charge in [-0.2, -0.15) is 0 Å². The maximum Gasteiger partial charge on any atom is 0.242 e. The molecule has 0 aromatic rings. The number of unbranched alkanes of at least 4 members (excludes halogenated alkanes) is 30. The highest BCUT2D eigenvalue weighted by Gasteiger charge is 2.23. The number of rotatable bonds is 72. The van der Waals surface area contributed by atoms with E-state index in [2.05, 4.69) is 102 Å². The molecule has 1 saturated heterocycles. The highest BCUT2D eigenvalue weighted by molar-refractivity contribution is 8.76. The fourth-order valence-corrected chi connectivity index (χ4v) is 14.8. The zero-order valence-corrected chi connectivity index (χ0v) is 63.4. The number of nitrogens with one attached hydrogen (secondary N) is 2. The van der Waals surface area contributed by atoms with Gasteiger partial charge in [-0.25, -0.2) is 0 Å². The predicted octanol–water partition coefficient (Wildman–Crippen LogP) is 19.0. The van der Waals surface area contributed by atoms with Gasteiger partial charge in [0.2, 0.25) is 11.8 Å². The van der Waals surface area contributed by atoms with Crippen LogP contribution in [0.3, 0.4) is 0 Å². The summed E-state index contributed by atoms with van der Waals surface area (Å²) in [6.45, 7) is 17.7. The van der Waals surface area contributed by atoms with Crippen molar-refractivity contribution in [2.75, 3.05) is 90.2 Å². The summed E-state index contributed by atoms with van der Waals surface area (Å²) in [6, 6.07) is -0.622. The summed E-state index contributed by atoms with van der Waals surface area (Å²) >= 11 is 0. The van der Waals surface area contributed by atoms with E-state index in [1.54, 1.807) is 10.8 Å². The Morgan fingerprint density at radius 1 is 0.426 bits per heavy atom. The van der Waals surface area contributed by atoms with E-state index in [1.807, 2.05) is 10.8 Å². The molecule has 12 nitrogen and oxygen atoms in total. The van der Waals surface area contributed by atoms with Gasteiger partial charge < -0.3 is 35.8 Å². The summed E-state index contributed by atoms with van der Waals surface area (Å²) in [4.78, 5) is 34.5. The molecule has 6 N–H and O–H groups in total. The molecule has 5 unspecified atom stereocenters. The molecule has 1 rings (SSSR count). The van der Waals surface area contributed by atoms with Gasteiger partial charge in [-0.3, -0.25) is 24.3 Å². The molecule has 0 aromatic heterocycles. The Balaban J connectivity index is 2.82. The normalized spacial score (nSPS) is 15.0. The van der Waals surface area contributed by atoms with Crippen molar-refractivity contribution in [3.05, 3.63) is 48.6 Å². The molecule has 552 valence electrons. The Morgan fingerprint density at radius 3 is 1.23 bits per heavy atom. The second-order valence-corrected chi connectivity index (χ2v) is 30.5. The van der Waals surface area contributed by atoms with Gasteiger partial charge in [0, 0.05) is 63.7 Å². The van der Waals surface area contributed by atoms with Crippen LogP contribution in [0.25, 0.3) is 0 Å². The van der Waals surface area contributed by atoms with E-state index in [0.717, 1.165) is 179 Å². The third-order valence-electron chi connectivity index (χ3n) is 18.5. The molecule has 0 spiro atoms. The molecular weight excluding hydrogens is 1210 g/mol. The number of allylic oxidation sites excluding steroid dienone is 8. The van der Waals surface area contributed by atoms with Crippen LogP contribution in [0.2, 0.25) is 0 Å². The Labute approximate surface area is 588 Å². The van der Waals surface area contributed by atoms with E-state index in [-0.39, 0.29) is 18.2 Å². The van der Waals surface area contributed by atoms with Crippen LogP contribution in [-0.4, -0.2) is 168 Å². The maximum absolute atomic E-state index is 13.8. The number of carbonyl (C=O) groups is 2. The molecule has 1 aliphatic heterocycles. The minimum Gasteiger partial charge on any atom is -0.392 e. The zero-order chi connectivity index (χ0) is 68.1. The van der Waals surface area contributed by atoms with Crippen molar-refractivity contribution < 1.29 is 34.8 Å². The van der Waals surface area contributed by atoms with Crippen molar-refractivity contribution in [3.63, 3.8) is 0 Å². The molecule has 0 radical (unpaired) electrons. The molecule has 0 saturated carbocycles. The summed E-state index contributed by atoms with van der Waals surface area (Å²) in [5, 5.41) is 51.3. The molecule has 94 heavy (non-hydrogen) atoms. The topological polar surface area (TPSA) is 158 Å². The first-order valence-electron chi connectivity index (χ1n) is 40.0. The summed E-state index contributed by atoms with van der Waals surface area (Å²) in [6.07, 6.45) is 68.2. The standard InChI is InChI=1S/C80H153N5O7S2/c1-5-9-13-17-21-25-27-29-31-33-35-39-43-47-54-74(86)70-84(71-75(87)55-48-44-40-36-34-32-30-28-26-22-18-14-10-6-2)62-51-52-68-93-94-69-59-78(80(91)81-60-49-50-61-83-64-66-92-67-65-83)82-79(90)58-53-63-85(72-76(88)56-45-41-37-23-19-15-11-7-3)73-77(89)57-46-42-38-24-20-16-12-8-4/h21-22,25-26,29-32,74-78,86-89H,5-20,23-24,27-28,33-73H2,1-4H3,(H,81,91)(H,82,90)/b25-21-,26-22-,31-29-,32-30-. The third kappa shape index (κ3) is 62.5. The van der Waals surface area contributed by atoms with Crippen molar-refractivity contribution in [1.29, 1.82) is 0 Å². The van der Waals surface area contributed by atoms with E-state index in [1.165, 1.54) is 154 Å². The van der Waals surface area contributed by atoms with Gasteiger partial charge in [-0.05, 0) is 148 Å². The van der Waals surface area contributed by atoms with Crippen molar-refractivity contribution in [2.24, 2.45) is 0 Å². The smallest absolute Gasteiger partial charge is 0.242 e. The molecule has 1 aliphatic rings. The monoisotopic (exact) mass is 1360 g/mol. The van der Waals surface area contributed by atoms with E-state index < -0.39 is 30.5 Å². The Morgan fingerprint density at radius 2 is 0.798 bits per heavy atom. The summed E-state index contributed by atoms with van der Waals surface area (Å²) in [5.74, 6) is 1.44. The van der Waals surface area contributed by atoms with Gasteiger partial charge in [0.1, 0.15) is 6.04 Å².